The molecule has 29 heavy (non-hydrogen) atoms. The van der Waals surface area contributed by atoms with E-state index in [0.717, 1.165) is 33.2 Å². The van der Waals surface area contributed by atoms with Crippen LogP contribution in [0.5, 0.6) is 5.75 Å². The van der Waals surface area contributed by atoms with Crippen LogP contribution in [0.25, 0.3) is 44.3 Å². The molecule has 0 fully saturated rings. The first kappa shape index (κ1) is 17.2. The van der Waals surface area contributed by atoms with Crippen LogP contribution in [-0.4, -0.2) is 12.1 Å². The number of aromatic nitrogens is 1. The van der Waals surface area contributed by atoms with Crippen molar-refractivity contribution in [3.05, 3.63) is 95.3 Å². The first-order valence-electron chi connectivity index (χ1n) is 9.31. The monoisotopic (exact) mass is 379 g/mol. The Kier molecular flexibility index (Phi) is 4.10. The molecule has 4 heteroatoms. The van der Waals surface area contributed by atoms with Gasteiger partial charge in [0, 0.05) is 16.3 Å². The molecule has 0 atom stereocenters. The van der Waals surface area contributed by atoms with Gasteiger partial charge in [0.1, 0.15) is 11.3 Å². The topological polar surface area (TPSA) is 52.3 Å². The van der Waals surface area contributed by atoms with E-state index < -0.39 is 5.63 Å². The molecule has 2 heterocycles. The second-order valence-corrected chi connectivity index (χ2v) is 6.76. The lowest BCUT2D eigenvalue weighted by atomic mass is 9.96. The maximum Gasteiger partial charge on any atom is 0.363 e. The summed E-state index contributed by atoms with van der Waals surface area (Å²) in [5.74, 6) is 0.767. The summed E-state index contributed by atoms with van der Waals surface area (Å²) in [6.07, 6.45) is 0. The van der Waals surface area contributed by atoms with Crippen molar-refractivity contribution in [3.63, 3.8) is 0 Å². The Balaban J connectivity index is 1.89. The lowest BCUT2D eigenvalue weighted by Crippen LogP contribution is -2.04. The minimum absolute atomic E-state index is 0.330. The lowest BCUT2D eigenvalue weighted by molar-refractivity contribution is 0.415. The number of benzene rings is 3. The highest BCUT2D eigenvalue weighted by Gasteiger charge is 2.16. The molecule has 3 aromatic carbocycles. The smallest absolute Gasteiger partial charge is 0.363 e. The summed E-state index contributed by atoms with van der Waals surface area (Å²) in [6, 6.07) is 27.3. The fraction of sp³-hybridized carbons (Fsp3) is 0.0400. The van der Waals surface area contributed by atoms with Crippen LogP contribution in [-0.2, 0) is 0 Å². The molecule has 5 rings (SSSR count). The Hall–Kier alpha value is -3.92. The van der Waals surface area contributed by atoms with Gasteiger partial charge < -0.3 is 9.15 Å². The summed E-state index contributed by atoms with van der Waals surface area (Å²) in [7, 11) is 1.63. The molecule has 0 amide bonds. The van der Waals surface area contributed by atoms with E-state index in [1.165, 1.54) is 0 Å². The fourth-order valence-electron chi connectivity index (χ4n) is 3.63. The van der Waals surface area contributed by atoms with Crippen LogP contribution < -0.4 is 10.4 Å². The molecule has 0 unspecified atom stereocenters. The SMILES string of the molecule is COc1ccc(-c2cc(-c3ccccc3)c3c(n2)c(=O)oc2ccccc23)cc1. The van der Waals surface area contributed by atoms with Gasteiger partial charge in [-0.3, -0.25) is 0 Å². The molecule has 0 radical (unpaired) electrons. The van der Waals surface area contributed by atoms with E-state index in [1.807, 2.05) is 84.9 Å². The van der Waals surface area contributed by atoms with E-state index in [4.69, 9.17) is 9.15 Å². The zero-order chi connectivity index (χ0) is 19.8. The number of rotatable bonds is 3. The van der Waals surface area contributed by atoms with Crippen LogP contribution in [0, 0.1) is 0 Å². The molecule has 2 aromatic heterocycles. The van der Waals surface area contributed by atoms with Crippen molar-refractivity contribution in [2.24, 2.45) is 0 Å². The normalized spacial score (nSPS) is 11.1. The van der Waals surface area contributed by atoms with Gasteiger partial charge in [-0.2, -0.15) is 0 Å². The second-order valence-electron chi connectivity index (χ2n) is 6.76. The average Bonchev–Trinajstić information content (AvgIpc) is 2.79. The molecule has 0 spiro atoms. The first-order chi connectivity index (χ1) is 14.2. The highest BCUT2D eigenvalue weighted by atomic mass is 16.5. The van der Waals surface area contributed by atoms with Crippen molar-refractivity contribution in [3.8, 4) is 28.1 Å². The molecule has 4 nitrogen and oxygen atoms in total. The Bertz CT molecular complexity index is 1390. The van der Waals surface area contributed by atoms with Gasteiger partial charge in [0.15, 0.2) is 5.52 Å². The van der Waals surface area contributed by atoms with Crippen molar-refractivity contribution >= 4 is 21.9 Å². The molecule has 0 saturated carbocycles. The van der Waals surface area contributed by atoms with Gasteiger partial charge in [-0.05, 0) is 47.5 Å². The molecule has 0 saturated heterocycles. The Morgan fingerprint density at radius 1 is 0.828 bits per heavy atom. The van der Waals surface area contributed by atoms with Gasteiger partial charge in [-0.1, -0.05) is 48.5 Å². The van der Waals surface area contributed by atoms with E-state index in [-0.39, 0.29) is 0 Å². The number of pyridine rings is 1. The average molecular weight is 379 g/mol. The van der Waals surface area contributed by atoms with Crippen LogP contribution in [0.15, 0.2) is 94.1 Å². The first-order valence-corrected chi connectivity index (χ1v) is 9.31. The number of fused-ring (bicyclic) bond motifs is 3. The van der Waals surface area contributed by atoms with E-state index >= 15 is 0 Å². The van der Waals surface area contributed by atoms with Gasteiger partial charge in [-0.25, -0.2) is 9.78 Å². The van der Waals surface area contributed by atoms with Gasteiger partial charge >= 0.3 is 5.63 Å². The minimum Gasteiger partial charge on any atom is -0.497 e. The van der Waals surface area contributed by atoms with Gasteiger partial charge in [0.25, 0.3) is 0 Å². The predicted molar refractivity (Wildman–Crippen MR) is 115 cm³/mol. The molecule has 0 aliphatic carbocycles. The Labute approximate surface area is 167 Å². The van der Waals surface area contributed by atoms with E-state index in [0.29, 0.717) is 16.8 Å². The van der Waals surface area contributed by atoms with Crippen LogP contribution in [0.3, 0.4) is 0 Å². The zero-order valence-electron chi connectivity index (χ0n) is 15.8. The fourth-order valence-corrected chi connectivity index (χ4v) is 3.63. The maximum atomic E-state index is 12.8. The van der Waals surface area contributed by atoms with Gasteiger partial charge in [-0.15, -0.1) is 0 Å². The number of hydrogen-bond acceptors (Lipinski definition) is 4. The second kappa shape index (κ2) is 6.91. The zero-order valence-corrected chi connectivity index (χ0v) is 15.8. The Morgan fingerprint density at radius 2 is 1.55 bits per heavy atom. The third-order valence-corrected chi connectivity index (χ3v) is 5.04. The van der Waals surface area contributed by atoms with Gasteiger partial charge in [0.05, 0.1) is 12.8 Å². The number of ether oxygens (including phenoxy) is 1. The summed E-state index contributed by atoms with van der Waals surface area (Å²) in [5, 5.41) is 1.68. The molecule has 140 valence electrons. The van der Waals surface area contributed by atoms with Crippen molar-refractivity contribution in [2.75, 3.05) is 7.11 Å². The highest BCUT2D eigenvalue weighted by molar-refractivity contribution is 6.11. The Morgan fingerprint density at radius 3 is 2.31 bits per heavy atom. The van der Waals surface area contributed by atoms with E-state index in [1.54, 1.807) is 7.11 Å². The summed E-state index contributed by atoms with van der Waals surface area (Å²) < 4.78 is 10.8. The third-order valence-electron chi connectivity index (χ3n) is 5.04. The lowest BCUT2D eigenvalue weighted by Gasteiger charge is -2.12. The summed E-state index contributed by atoms with van der Waals surface area (Å²) in [6.45, 7) is 0. The van der Waals surface area contributed by atoms with Crippen LogP contribution in [0.2, 0.25) is 0 Å². The largest absolute Gasteiger partial charge is 0.497 e. The highest BCUT2D eigenvalue weighted by Crippen LogP contribution is 2.35. The minimum atomic E-state index is -0.439. The van der Waals surface area contributed by atoms with Crippen molar-refractivity contribution < 1.29 is 9.15 Å². The number of methoxy groups -OCH3 is 1. The number of para-hydroxylation sites is 1. The van der Waals surface area contributed by atoms with Crippen LogP contribution >= 0.6 is 0 Å². The number of hydrogen-bond donors (Lipinski definition) is 0. The van der Waals surface area contributed by atoms with E-state index in [2.05, 4.69) is 4.98 Å². The molecule has 0 aliphatic heterocycles. The standard InChI is InChI=1S/C25H17NO3/c1-28-18-13-11-17(12-14-18)21-15-20(16-7-3-2-4-8-16)23-19-9-5-6-10-22(19)29-25(27)24(23)26-21/h2-15H,1H3. The number of nitrogens with zero attached hydrogens (tertiary/aromatic N) is 1. The summed E-state index contributed by atoms with van der Waals surface area (Å²) in [5.41, 5.74) is 4.03. The third kappa shape index (κ3) is 2.95. The molecular weight excluding hydrogens is 362 g/mol. The van der Waals surface area contributed by atoms with Crippen LogP contribution in [0.1, 0.15) is 0 Å². The summed E-state index contributed by atoms with van der Waals surface area (Å²) in [4.78, 5) is 17.5. The molecule has 5 aromatic rings. The maximum absolute atomic E-state index is 12.8. The molecule has 0 bridgehead atoms. The van der Waals surface area contributed by atoms with Gasteiger partial charge in [0.2, 0.25) is 0 Å². The quantitative estimate of drug-likeness (QED) is 0.299. The van der Waals surface area contributed by atoms with E-state index in [9.17, 15) is 4.79 Å². The predicted octanol–water partition coefficient (Wildman–Crippen LogP) is 5.68. The molecule has 0 N–H and O–H groups in total. The van der Waals surface area contributed by atoms with Crippen molar-refractivity contribution in [2.45, 2.75) is 0 Å². The molecule has 0 aliphatic rings. The van der Waals surface area contributed by atoms with Crippen LogP contribution in [0.4, 0.5) is 0 Å². The molecular formula is C25H17NO3. The van der Waals surface area contributed by atoms with Crippen molar-refractivity contribution in [1.29, 1.82) is 0 Å². The van der Waals surface area contributed by atoms with Crippen molar-refractivity contribution in [1.82, 2.24) is 4.98 Å². The summed E-state index contributed by atoms with van der Waals surface area (Å²) >= 11 is 0.